The van der Waals surface area contributed by atoms with E-state index in [2.05, 4.69) is 54.0 Å². The van der Waals surface area contributed by atoms with Crippen LogP contribution in [0.4, 0.5) is 0 Å². The minimum atomic E-state index is 0.797. The second-order valence-corrected chi connectivity index (χ2v) is 4.57. The van der Waals surface area contributed by atoms with Crippen LogP contribution in [-0.2, 0) is 12.8 Å². The number of terminal acetylenes is 1. The summed E-state index contributed by atoms with van der Waals surface area (Å²) in [5, 5.41) is 2.87. The molecule has 1 aliphatic rings. The zero-order valence-electron chi connectivity index (χ0n) is 11.4. The summed E-state index contributed by atoms with van der Waals surface area (Å²) < 4.78 is 0. The van der Waals surface area contributed by atoms with Crippen LogP contribution in [0.1, 0.15) is 24.0 Å². The highest BCUT2D eigenvalue weighted by molar-refractivity contribution is 5.55. The predicted octanol–water partition coefficient (Wildman–Crippen LogP) is 3.19. The summed E-state index contributed by atoms with van der Waals surface area (Å²) in [4.78, 5) is 4.30. The fourth-order valence-corrected chi connectivity index (χ4v) is 2.45. The molecule has 1 aliphatic carbocycles. The third-order valence-electron chi connectivity index (χ3n) is 3.40. The Morgan fingerprint density at radius 2 is 2.05 bits per heavy atom. The number of benzene rings is 1. The number of rotatable bonds is 5. The van der Waals surface area contributed by atoms with Crippen molar-refractivity contribution >= 4 is 6.34 Å². The third kappa shape index (κ3) is 5.01. The number of nitrogens with zero attached hydrogens (tertiary/aromatic N) is 1. The van der Waals surface area contributed by atoms with Gasteiger partial charge in [-0.1, -0.05) is 30.8 Å². The quantitative estimate of drug-likeness (QED) is 0.487. The molecule has 0 fully saturated rings. The lowest BCUT2D eigenvalue weighted by Crippen LogP contribution is -2.15. The van der Waals surface area contributed by atoms with Gasteiger partial charge in [-0.3, -0.25) is 4.99 Å². The van der Waals surface area contributed by atoms with Gasteiger partial charge in [-0.05, 0) is 48.9 Å². The van der Waals surface area contributed by atoms with Crippen LogP contribution in [-0.4, -0.2) is 12.9 Å². The van der Waals surface area contributed by atoms with Gasteiger partial charge in [-0.2, -0.15) is 0 Å². The Hall–Kier alpha value is -2.01. The Labute approximate surface area is 116 Å². The molecule has 0 heterocycles. The van der Waals surface area contributed by atoms with E-state index in [1.54, 1.807) is 18.1 Å². The van der Waals surface area contributed by atoms with E-state index in [0.717, 1.165) is 12.5 Å². The fraction of sp³-hybridized carbons (Fsp3) is 0.353. The maximum Gasteiger partial charge on any atom is 0.0863 e. The van der Waals surface area contributed by atoms with Crippen LogP contribution in [0.3, 0.4) is 0 Å². The molecule has 0 saturated heterocycles. The zero-order valence-corrected chi connectivity index (χ0v) is 11.4. The number of aryl methyl sites for hydroxylation is 1. The van der Waals surface area contributed by atoms with Crippen molar-refractivity contribution < 1.29 is 0 Å². The smallest absolute Gasteiger partial charge is 0.0863 e. The minimum Gasteiger partial charge on any atom is -0.354 e. The first-order chi connectivity index (χ1) is 9.40. The molecule has 2 nitrogen and oxygen atoms in total. The van der Waals surface area contributed by atoms with Gasteiger partial charge in [-0.25, -0.2) is 0 Å². The van der Waals surface area contributed by atoms with Crippen LogP contribution in [0.2, 0.25) is 0 Å². The highest BCUT2D eigenvalue weighted by Gasteiger charge is 2.17. The van der Waals surface area contributed by atoms with E-state index < -0.39 is 0 Å². The highest BCUT2D eigenvalue weighted by atomic mass is 14.9. The lowest BCUT2D eigenvalue weighted by atomic mass is 9.82. The van der Waals surface area contributed by atoms with Crippen molar-refractivity contribution in [2.24, 2.45) is 10.9 Å². The molecule has 100 valence electrons. The predicted molar refractivity (Wildman–Crippen MR) is 83.2 cm³/mol. The van der Waals surface area contributed by atoms with Crippen LogP contribution in [0.15, 0.2) is 42.0 Å². The molecule has 1 N–H and O–H groups in total. The first kappa shape index (κ1) is 15.0. The highest BCUT2D eigenvalue weighted by Crippen LogP contribution is 2.27. The van der Waals surface area contributed by atoms with E-state index in [-0.39, 0.29) is 0 Å². The molecule has 1 aromatic rings. The molecule has 2 heteroatoms. The van der Waals surface area contributed by atoms with Crippen molar-refractivity contribution in [3.8, 4) is 12.8 Å². The Bertz CT molecular complexity index is 432. The molecule has 19 heavy (non-hydrogen) atoms. The van der Waals surface area contributed by atoms with Crippen LogP contribution in [0.25, 0.3) is 0 Å². The molecule has 0 aromatic heterocycles. The lowest BCUT2D eigenvalue weighted by Gasteiger charge is -2.23. The van der Waals surface area contributed by atoms with Crippen molar-refractivity contribution in [1.29, 1.82) is 0 Å². The van der Waals surface area contributed by atoms with Gasteiger partial charge in [0.1, 0.15) is 0 Å². The van der Waals surface area contributed by atoms with E-state index in [9.17, 15) is 0 Å². The van der Waals surface area contributed by atoms with Gasteiger partial charge >= 0.3 is 0 Å². The van der Waals surface area contributed by atoms with Crippen molar-refractivity contribution in [1.82, 2.24) is 5.32 Å². The molecule has 1 aromatic carbocycles. The second kappa shape index (κ2) is 8.99. The van der Waals surface area contributed by atoms with Crippen molar-refractivity contribution in [3.05, 3.63) is 48.2 Å². The lowest BCUT2D eigenvalue weighted by molar-refractivity contribution is 0.433. The molecular formula is C17H22N2. The maximum absolute atomic E-state index is 4.30. The second-order valence-electron chi connectivity index (χ2n) is 4.57. The van der Waals surface area contributed by atoms with Crippen LogP contribution < -0.4 is 5.32 Å². The Balaban J connectivity index is 0.000000861. The number of fused-ring (bicyclic) bond motifs is 1. The van der Waals surface area contributed by atoms with E-state index in [1.165, 1.54) is 31.2 Å². The molecule has 1 atom stereocenters. The Morgan fingerprint density at radius 1 is 1.32 bits per heavy atom. The Morgan fingerprint density at radius 3 is 2.79 bits per heavy atom. The molecule has 0 amide bonds. The van der Waals surface area contributed by atoms with E-state index >= 15 is 0 Å². The van der Waals surface area contributed by atoms with Crippen LogP contribution >= 0.6 is 0 Å². The summed E-state index contributed by atoms with van der Waals surface area (Å²) in [6, 6.07) is 8.82. The average Bonchev–Trinajstić information content (AvgIpc) is 2.49. The summed E-state index contributed by atoms with van der Waals surface area (Å²) >= 11 is 0. The zero-order chi connectivity index (χ0) is 13.9. The van der Waals surface area contributed by atoms with Gasteiger partial charge in [0.25, 0.3) is 0 Å². The fourth-order valence-electron chi connectivity index (χ4n) is 2.45. The monoisotopic (exact) mass is 254 g/mol. The SMILES string of the molecule is C#C.C=CNC=NCCC1CCc2ccccc2C1. The third-order valence-corrected chi connectivity index (χ3v) is 3.40. The summed E-state index contributed by atoms with van der Waals surface area (Å²) in [6.07, 6.45) is 16.3. The number of nitrogens with one attached hydrogen (secondary N) is 1. The normalized spacial score (nSPS) is 17.1. The van der Waals surface area contributed by atoms with E-state index in [0.29, 0.717) is 0 Å². The van der Waals surface area contributed by atoms with Gasteiger partial charge in [0.05, 0.1) is 6.34 Å². The van der Waals surface area contributed by atoms with Gasteiger partial charge in [-0.15, -0.1) is 12.8 Å². The molecule has 0 aliphatic heterocycles. The first-order valence-corrected chi connectivity index (χ1v) is 6.65. The van der Waals surface area contributed by atoms with Crippen molar-refractivity contribution in [2.75, 3.05) is 6.54 Å². The van der Waals surface area contributed by atoms with E-state index in [1.807, 2.05) is 0 Å². The number of hydrogen-bond donors (Lipinski definition) is 1. The van der Waals surface area contributed by atoms with Gasteiger partial charge in [0, 0.05) is 6.54 Å². The molecule has 0 bridgehead atoms. The summed E-state index contributed by atoms with van der Waals surface area (Å²) in [5.74, 6) is 0.797. The van der Waals surface area contributed by atoms with Gasteiger partial charge in [0.15, 0.2) is 0 Å². The topological polar surface area (TPSA) is 24.4 Å². The molecular weight excluding hydrogens is 232 g/mol. The number of hydrogen-bond acceptors (Lipinski definition) is 1. The average molecular weight is 254 g/mol. The summed E-state index contributed by atoms with van der Waals surface area (Å²) in [5.41, 5.74) is 3.08. The molecule has 1 unspecified atom stereocenters. The summed E-state index contributed by atoms with van der Waals surface area (Å²) in [6.45, 7) is 4.48. The molecule has 0 spiro atoms. The Kier molecular flexibility index (Phi) is 7.12. The maximum atomic E-state index is 4.30. The van der Waals surface area contributed by atoms with E-state index in [4.69, 9.17) is 0 Å². The number of aliphatic imine (C=N–C) groups is 1. The van der Waals surface area contributed by atoms with Crippen molar-refractivity contribution in [2.45, 2.75) is 25.7 Å². The largest absolute Gasteiger partial charge is 0.354 e. The standard InChI is InChI=1S/C15H20N2.C2H2/c1-2-16-12-17-10-9-13-7-8-14-5-3-4-6-15(14)11-13;1-2/h2-6,12-13H,1,7-11H2,(H,16,17);1-2H. The van der Waals surface area contributed by atoms with Crippen LogP contribution in [0, 0.1) is 18.8 Å². The minimum absolute atomic E-state index is 0.797. The van der Waals surface area contributed by atoms with Crippen LogP contribution in [0.5, 0.6) is 0 Å². The summed E-state index contributed by atoms with van der Waals surface area (Å²) in [7, 11) is 0. The van der Waals surface area contributed by atoms with Crippen molar-refractivity contribution in [3.63, 3.8) is 0 Å². The molecule has 0 radical (unpaired) electrons. The molecule has 2 rings (SSSR count). The van der Waals surface area contributed by atoms with Gasteiger partial charge < -0.3 is 5.32 Å². The van der Waals surface area contributed by atoms with Gasteiger partial charge in [0.2, 0.25) is 0 Å². The first-order valence-electron chi connectivity index (χ1n) is 6.65. The molecule has 0 saturated carbocycles.